The van der Waals surface area contributed by atoms with E-state index >= 15 is 0 Å². The van der Waals surface area contributed by atoms with E-state index in [2.05, 4.69) is 14.7 Å². The quantitative estimate of drug-likeness (QED) is 0.895. The number of pyridine rings is 1. The highest BCUT2D eigenvalue weighted by molar-refractivity contribution is 7.03. The highest BCUT2D eigenvalue weighted by Gasteiger charge is 2.24. The van der Waals surface area contributed by atoms with Gasteiger partial charge in [-0.05, 0) is 23.7 Å². The fourth-order valence-electron chi connectivity index (χ4n) is 1.91. The third-order valence-corrected chi connectivity index (χ3v) is 3.38. The summed E-state index contributed by atoms with van der Waals surface area (Å²) in [5.74, 6) is 0.629. The van der Waals surface area contributed by atoms with Gasteiger partial charge in [0, 0.05) is 18.0 Å². The van der Waals surface area contributed by atoms with Gasteiger partial charge in [-0.1, -0.05) is 0 Å². The van der Waals surface area contributed by atoms with Crippen LogP contribution in [-0.4, -0.2) is 21.9 Å². The van der Waals surface area contributed by atoms with Gasteiger partial charge in [0.2, 0.25) is 0 Å². The Morgan fingerprint density at radius 3 is 3.33 bits per heavy atom. The molecule has 1 aliphatic rings. The Hall–Kier alpha value is -1.95. The maximum Gasteiger partial charge on any atom is 0.254 e. The summed E-state index contributed by atoms with van der Waals surface area (Å²) in [6.07, 6.45) is 4.00. The van der Waals surface area contributed by atoms with E-state index in [9.17, 15) is 4.79 Å². The van der Waals surface area contributed by atoms with Gasteiger partial charge in [0.15, 0.2) is 0 Å². The molecule has 92 valence electrons. The van der Waals surface area contributed by atoms with Gasteiger partial charge in [0.25, 0.3) is 5.91 Å². The van der Waals surface area contributed by atoms with E-state index in [4.69, 9.17) is 4.74 Å². The van der Waals surface area contributed by atoms with Crippen molar-refractivity contribution >= 4 is 17.4 Å². The number of amides is 1. The van der Waals surface area contributed by atoms with Crippen LogP contribution in [0, 0.1) is 0 Å². The zero-order valence-corrected chi connectivity index (χ0v) is 10.3. The van der Waals surface area contributed by atoms with Gasteiger partial charge in [-0.3, -0.25) is 9.78 Å². The van der Waals surface area contributed by atoms with Crippen molar-refractivity contribution in [2.45, 2.75) is 12.5 Å². The van der Waals surface area contributed by atoms with Gasteiger partial charge in [-0.15, -0.1) is 0 Å². The SMILES string of the molecule is O=C(NC1CCOc2cccnc21)c1cnsc1. The highest BCUT2D eigenvalue weighted by atomic mass is 32.1. The van der Waals surface area contributed by atoms with Gasteiger partial charge in [-0.25, -0.2) is 4.37 Å². The molecule has 0 radical (unpaired) electrons. The number of fused-ring (bicyclic) bond motifs is 1. The van der Waals surface area contributed by atoms with Crippen LogP contribution in [-0.2, 0) is 0 Å². The van der Waals surface area contributed by atoms with E-state index in [0.717, 1.165) is 17.9 Å². The highest BCUT2D eigenvalue weighted by Crippen LogP contribution is 2.29. The number of hydrogen-bond acceptors (Lipinski definition) is 5. The Bertz CT molecular complexity index is 556. The largest absolute Gasteiger partial charge is 0.491 e. The second kappa shape index (κ2) is 4.73. The van der Waals surface area contributed by atoms with E-state index in [1.54, 1.807) is 17.8 Å². The lowest BCUT2D eigenvalue weighted by molar-refractivity contribution is 0.0923. The third-order valence-electron chi connectivity index (χ3n) is 2.79. The summed E-state index contributed by atoms with van der Waals surface area (Å²) in [4.78, 5) is 16.3. The number of ether oxygens (including phenoxy) is 1. The lowest BCUT2D eigenvalue weighted by Gasteiger charge is -2.25. The topological polar surface area (TPSA) is 64.1 Å². The monoisotopic (exact) mass is 261 g/mol. The fraction of sp³-hybridized carbons (Fsp3) is 0.250. The van der Waals surface area contributed by atoms with Crippen LogP contribution < -0.4 is 10.1 Å². The minimum Gasteiger partial charge on any atom is -0.491 e. The number of nitrogens with zero attached hydrogens (tertiary/aromatic N) is 2. The van der Waals surface area contributed by atoms with E-state index < -0.39 is 0 Å². The average molecular weight is 261 g/mol. The maximum absolute atomic E-state index is 12.0. The molecule has 1 unspecified atom stereocenters. The third kappa shape index (κ3) is 2.06. The molecule has 0 aliphatic carbocycles. The molecule has 1 N–H and O–H groups in total. The number of rotatable bonds is 2. The average Bonchev–Trinajstić information content (AvgIpc) is 2.93. The molecule has 0 aromatic carbocycles. The zero-order valence-electron chi connectivity index (χ0n) is 9.50. The van der Waals surface area contributed by atoms with Crippen molar-refractivity contribution in [3.05, 3.63) is 41.2 Å². The van der Waals surface area contributed by atoms with Crippen molar-refractivity contribution < 1.29 is 9.53 Å². The molecule has 2 aromatic heterocycles. The first-order chi connectivity index (χ1) is 8.84. The molecule has 0 saturated heterocycles. The summed E-state index contributed by atoms with van der Waals surface area (Å²) < 4.78 is 9.42. The molecule has 0 saturated carbocycles. The number of carbonyl (C=O) groups is 1. The summed E-state index contributed by atoms with van der Waals surface area (Å²) in [6.45, 7) is 0.589. The van der Waals surface area contributed by atoms with Gasteiger partial charge in [0.1, 0.15) is 11.4 Å². The minimum atomic E-state index is -0.118. The lowest BCUT2D eigenvalue weighted by atomic mass is 10.1. The van der Waals surface area contributed by atoms with Gasteiger partial charge < -0.3 is 10.1 Å². The molecule has 1 atom stereocenters. The van der Waals surface area contributed by atoms with E-state index in [1.165, 1.54) is 11.5 Å². The van der Waals surface area contributed by atoms with Crippen LogP contribution in [0.1, 0.15) is 28.5 Å². The van der Waals surface area contributed by atoms with E-state index in [-0.39, 0.29) is 11.9 Å². The summed E-state index contributed by atoms with van der Waals surface area (Å²) in [7, 11) is 0. The molecule has 18 heavy (non-hydrogen) atoms. The first kappa shape index (κ1) is 11.2. The fourth-order valence-corrected chi connectivity index (χ4v) is 2.43. The van der Waals surface area contributed by atoms with Crippen molar-refractivity contribution in [2.75, 3.05) is 6.61 Å². The van der Waals surface area contributed by atoms with Crippen molar-refractivity contribution in [1.82, 2.24) is 14.7 Å². The Labute approximate surface area is 108 Å². The van der Waals surface area contributed by atoms with Crippen LogP contribution in [0.15, 0.2) is 29.9 Å². The molecule has 3 heterocycles. The summed E-state index contributed by atoms with van der Waals surface area (Å²) >= 11 is 1.26. The molecule has 3 rings (SSSR count). The maximum atomic E-state index is 12.0. The molecule has 6 heteroatoms. The van der Waals surface area contributed by atoms with Crippen LogP contribution in [0.4, 0.5) is 0 Å². The first-order valence-corrected chi connectivity index (χ1v) is 6.46. The Kier molecular flexibility index (Phi) is 2.93. The molecule has 1 amide bonds. The van der Waals surface area contributed by atoms with Gasteiger partial charge in [-0.2, -0.15) is 0 Å². The van der Waals surface area contributed by atoms with Crippen molar-refractivity contribution in [2.24, 2.45) is 0 Å². The van der Waals surface area contributed by atoms with Crippen LogP contribution in [0.25, 0.3) is 0 Å². The van der Waals surface area contributed by atoms with Crippen molar-refractivity contribution in [1.29, 1.82) is 0 Å². The van der Waals surface area contributed by atoms with Gasteiger partial charge >= 0.3 is 0 Å². The van der Waals surface area contributed by atoms with E-state index in [1.807, 2.05) is 12.1 Å². The summed E-state index contributed by atoms with van der Waals surface area (Å²) in [6, 6.07) is 3.60. The van der Waals surface area contributed by atoms with Crippen LogP contribution in [0.5, 0.6) is 5.75 Å². The molecular weight excluding hydrogens is 250 g/mol. The molecule has 1 aliphatic heterocycles. The molecular formula is C12H11N3O2S. The molecule has 0 bridgehead atoms. The second-order valence-electron chi connectivity index (χ2n) is 3.96. The Balaban J connectivity index is 1.80. The number of carbonyl (C=O) groups excluding carboxylic acids is 1. The van der Waals surface area contributed by atoms with Crippen LogP contribution in [0.3, 0.4) is 0 Å². The summed E-state index contributed by atoms with van der Waals surface area (Å²) in [5.41, 5.74) is 1.38. The van der Waals surface area contributed by atoms with Crippen molar-refractivity contribution in [3.8, 4) is 5.75 Å². The Morgan fingerprint density at radius 1 is 1.56 bits per heavy atom. The second-order valence-corrected chi connectivity index (χ2v) is 4.62. The van der Waals surface area contributed by atoms with Crippen LogP contribution >= 0.6 is 11.5 Å². The predicted octanol–water partition coefficient (Wildman–Crippen LogP) is 1.79. The minimum absolute atomic E-state index is 0.0950. The molecule has 2 aromatic rings. The Morgan fingerprint density at radius 2 is 2.50 bits per heavy atom. The predicted molar refractivity (Wildman–Crippen MR) is 66.7 cm³/mol. The van der Waals surface area contributed by atoms with E-state index in [0.29, 0.717) is 12.2 Å². The number of nitrogens with one attached hydrogen (secondary N) is 1. The zero-order chi connectivity index (χ0) is 12.4. The molecule has 0 fully saturated rings. The van der Waals surface area contributed by atoms with Crippen molar-refractivity contribution in [3.63, 3.8) is 0 Å². The van der Waals surface area contributed by atoms with Gasteiger partial charge in [0.05, 0.1) is 24.4 Å². The number of aromatic nitrogens is 2. The lowest BCUT2D eigenvalue weighted by Crippen LogP contribution is -2.32. The first-order valence-electron chi connectivity index (χ1n) is 5.62. The molecule has 0 spiro atoms. The standard InChI is InChI=1S/C12H11N3O2S/c16-12(8-6-14-18-7-8)15-9-3-5-17-10-2-1-4-13-11(9)10/h1-2,4,6-7,9H,3,5H2,(H,15,16). The molecule has 5 nitrogen and oxygen atoms in total. The summed E-state index contributed by atoms with van der Waals surface area (Å²) in [5, 5.41) is 4.69. The normalized spacial score (nSPS) is 17.7. The smallest absolute Gasteiger partial charge is 0.254 e. The number of hydrogen-bond donors (Lipinski definition) is 1. The van der Waals surface area contributed by atoms with Crippen LogP contribution in [0.2, 0.25) is 0 Å².